The van der Waals surface area contributed by atoms with Crippen LogP contribution in [0.25, 0.3) is 0 Å². The summed E-state index contributed by atoms with van der Waals surface area (Å²) in [4.78, 5) is 2.27. The largest absolute Gasteiger partial charge is 0.496 e. The second-order valence-electron chi connectivity index (χ2n) is 4.49. The maximum atomic E-state index is 9.49. The van der Waals surface area contributed by atoms with Crippen molar-refractivity contribution in [3.63, 3.8) is 0 Å². The Bertz CT molecular complexity index is 365. The fourth-order valence-corrected chi connectivity index (χ4v) is 2.23. The van der Waals surface area contributed by atoms with Gasteiger partial charge in [0.15, 0.2) is 0 Å². The molecule has 3 nitrogen and oxygen atoms in total. The van der Waals surface area contributed by atoms with E-state index in [1.807, 2.05) is 6.07 Å². The maximum Gasteiger partial charge on any atom is 0.123 e. The van der Waals surface area contributed by atoms with Crippen molar-refractivity contribution < 1.29 is 9.84 Å². The third kappa shape index (κ3) is 2.54. The summed E-state index contributed by atoms with van der Waals surface area (Å²) in [6, 6.07) is 6.22. The van der Waals surface area contributed by atoms with Crippen LogP contribution < -0.4 is 4.74 Å². The van der Waals surface area contributed by atoms with Crippen molar-refractivity contribution in [2.24, 2.45) is 0 Å². The Kier molecular flexibility index (Phi) is 3.46. The van der Waals surface area contributed by atoms with Crippen LogP contribution in [0.4, 0.5) is 0 Å². The zero-order valence-corrected chi connectivity index (χ0v) is 9.94. The van der Waals surface area contributed by atoms with Gasteiger partial charge in [-0.15, -0.1) is 0 Å². The normalized spacial score (nSPS) is 21.3. The number of aliphatic hydroxyl groups is 1. The molecule has 1 N–H and O–H groups in total. The van der Waals surface area contributed by atoms with Crippen molar-refractivity contribution in [1.29, 1.82) is 0 Å². The summed E-state index contributed by atoms with van der Waals surface area (Å²) < 4.78 is 5.35. The van der Waals surface area contributed by atoms with Crippen LogP contribution in [0, 0.1) is 6.92 Å². The number of β-amino-alcohol motifs (C(OH)–C–C–N with tert-alkyl or cyclic N) is 1. The van der Waals surface area contributed by atoms with E-state index in [0.717, 1.165) is 31.8 Å². The molecule has 0 bridgehead atoms. The molecular formula is C13H19NO2. The molecule has 1 fully saturated rings. The number of likely N-dealkylation sites (tertiary alicyclic amines) is 1. The zero-order valence-electron chi connectivity index (χ0n) is 9.94. The van der Waals surface area contributed by atoms with E-state index in [1.54, 1.807) is 7.11 Å². The van der Waals surface area contributed by atoms with Gasteiger partial charge in [0.2, 0.25) is 0 Å². The third-order valence-corrected chi connectivity index (χ3v) is 3.08. The van der Waals surface area contributed by atoms with Gasteiger partial charge in [0, 0.05) is 25.2 Å². The second-order valence-corrected chi connectivity index (χ2v) is 4.49. The molecule has 0 spiro atoms. The third-order valence-electron chi connectivity index (χ3n) is 3.08. The number of hydrogen-bond donors (Lipinski definition) is 1. The fraction of sp³-hybridized carbons (Fsp3) is 0.538. The average Bonchev–Trinajstić information content (AvgIpc) is 2.64. The Hall–Kier alpha value is -1.06. The zero-order chi connectivity index (χ0) is 11.5. The molecule has 1 saturated heterocycles. The van der Waals surface area contributed by atoms with E-state index in [9.17, 15) is 5.11 Å². The summed E-state index contributed by atoms with van der Waals surface area (Å²) in [6.45, 7) is 4.69. The van der Waals surface area contributed by atoms with Gasteiger partial charge in [-0.25, -0.2) is 0 Å². The molecule has 1 aromatic rings. The molecule has 1 atom stereocenters. The van der Waals surface area contributed by atoms with Crippen LogP contribution in [-0.2, 0) is 6.54 Å². The molecule has 3 heteroatoms. The van der Waals surface area contributed by atoms with E-state index >= 15 is 0 Å². The number of hydrogen-bond acceptors (Lipinski definition) is 3. The molecule has 0 radical (unpaired) electrons. The number of rotatable bonds is 3. The molecule has 0 unspecified atom stereocenters. The highest BCUT2D eigenvalue weighted by Crippen LogP contribution is 2.23. The van der Waals surface area contributed by atoms with E-state index in [4.69, 9.17) is 4.74 Å². The average molecular weight is 221 g/mol. The number of methoxy groups -OCH3 is 1. The number of aryl methyl sites for hydroxylation is 1. The Balaban J connectivity index is 2.10. The molecule has 1 aliphatic rings. The van der Waals surface area contributed by atoms with Crippen LogP contribution in [0.5, 0.6) is 5.75 Å². The van der Waals surface area contributed by atoms with E-state index in [1.165, 1.54) is 11.1 Å². The van der Waals surface area contributed by atoms with E-state index in [-0.39, 0.29) is 6.10 Å². The van der Waals surface area contributed by atoms with Crippen molar-refractivity contribution in [2.75, 3.05) is 20.2 Å². The lowest BCUT2D eigenvalue weighted by molar-refractivity contribution is 0.174. The lowest BCUT2D eigenvalue weighted by Gasteiger charge is -2.17. The molecule has 2 rings (SSSR count). The molecule has 0 aromatic heterocycles. The highest BCUT2D eigenvalue weighted by molar-refractivity contribution is 5.36. The van der Waals surface area contributed by atoms with Crippen LogP contribution >= 0.6 is 0 Å². The molecule has 1 heterocycles. The van der Waals surface area contributed by atoms with Crippen molar-refractivity contribution in [1.82, 2.24) is 4.90 Å². The number of aliphatic hydroxyl groups excluding tert-OH is 1. The Morgan fingerprint density at radius 1 is 1.50 bits per heavy atom. The first-order valence-electron chi connectivity index (χ1n) is 5.73. The first kappa shape index (κ1) is 11.4. The summed E-state index contributed by atoms with van der Waals surface area (Å²) in [5.74, 6) is 0.937. The number of nitrogens with zero attached hydrogens (tertiary/aromatic N) is 1. The number of ether oxygens (including phenoxy) is 1. The smallest absolute Gasteiger partial charge is 0.123 e. The highest BCUT2D eigenvalue weighted by atomic mass is 16.5. The standard InChI is InChI=1S/C13H19NO2/c1-10-3-4-13(16-2)11(7-10)8-14-6-5-12(15)9-14/h3-4,7,12,15H,5-6,8-9H2,1-2H3/t12-/m0/s1. The highest BCUT2D eigenvalue weighted by Gasteiger charge is 2.20. The summed E-state index contributed by atoms with van der Waals surface area (Å²) in [5, 5.41) is 9.49. The lowest BCUT2D eigenvalue weighted by atomic mass is 10.1. The molecule has 1 aromatic carbocycles. The van der Waals surface area contributed by atoms with Crippen molar-refractivity contribution in [2.45, 2.75) is 26.0 Å². The Morgan fingerprint density at radius 2 is 2.31 bits per heavy atom. The van der Waals surface area contributed by atoms with Gasteiger partial charge >= 0.3 is 0 Å². The summed E-state index contributed by atoms with van der Waals surface area (Å²) in [7, 11) is 1.70. The van der Waals surface area contributed by atoms with Gasteiger partial charge in [-0.05, 0) is 19.4 Å². The van der Waals surface area contributed by atoms with Crippen LogP contribution in [0.1, 0.15) is 17.5 Å². The van der Waals surface area contributed by atoms with Gasteiger partial charge < -0.3 is 9.84 Å². The van der Waals surface area contributed by atoms with Crippen LogP contribution in [-0.4, -0.2) is 36.3 Å². The van der Waals surface area contributed by atoms with E-state index in [2.05, 4.69) is 24.0 Å². The summed E-state index contributed by atoms with van der Waals surface area (Å²) >= 11 is 0. The minimum absolute atomic E-state index is 0.157. The maximum absolute atomic E-state index is 9.49. The Labute approximate surface area is 96.6 Å². The fourth-order valence-electron chi connectivity index (χ4n) is 2.23. The summed E-state index contributed by atoms with van der Waals surface area (Å²) in [5.41, 5.74) is 2.45. The van der Waals surface area contributed by atoms with Crippen molar-refractivity contribution in [3.05, 3.63) is 29.3 Å². The van der Waals surface area contributed by atoms with E-state index < -0.39 is 0 Å². The van der Waals surface area contributed by atoms with Crippen LogP contribution in [0.2, 0.25) is 0 Å². The molecule has 0 amide bonds. The summed E-state index contributed by atoms with van der Waals surface area (Å²) in [6.07, 6.45) is 0.726. The van der Waals surface area contributed by atoms with Crippen LogP contribution in [0.15, 0.2) is 18.2 Å². The first-order valence-corrected chi connectivity index (χ1v) is 5.73. The van der Waals surface area contributed by atoms with Crippen molar-refractivity contribution in [3.8, 4) is 5.75 Å². The first-order chi connectivity index (χ1) is 7.69. The van der Waals surface area contributed by atoms with E-state index in [0.29, 0.717) is 0 Å². The Morgan fingerprint density at radius 3 is 2.94 bits per heavy atom. The van der Waals surface area contributed by atoms with Crippen molar-refractivity contribution >= 4 is 0 Å². The molecule has 0 aliphatic carbocycles. The predicted octanol–water partition coefficient (Wildman–Crippen LogP) is 1.57. The topological polar surface area (TPSA) is 32.7 Å². The molecule has 0 saturated carbocycles. The monoisotopic (exact) mass is 221 g/mol. The minimum atomic E-state index is -0.157. The lowest BCUT2D eigenvalue weighted by Crippen LogP contribution is -2.21. The van der Waals surface area contributed by atoms with Gasteiger partial charge in [0.1, 0.15) is 5.75 Å². The van der Waals surface area contributed by atoms with Gasteiger partial charge in [-0.1, -0.05) is 17.7 Å². The van der Waals surface area contributed by atoms with Gasteiger partial charge in [0.05, 0.1) is 13.2 Å². The molecular weight excluding hydrogens is 202 g/mol. The SMILES string of the molecule is COc1ccc(C)cc1CN1CC[C@H](O)C1. The predicted molar refractivity (Wildman–Crippen MR) is 63.6 cm³/mol. The second kappa shape index (κ2) is 4.85. The number of benzene rings is 1. The molecule has 16 heavy (non-hydrogen) atoms. The van der Waals surface area contributed by atoms with Gasteiger partial charge in [0.25, 0.3) is 0 Å². The molecule has 88 valence electrons. The minimum Gasteiger partial charge on any atom is -0.496 e. The quantitative estimate of drug-likeness (QED) is 0.841. The molecule has 1 aliphatic heterocycles. The van der Waals surface area contributed by atoms with Gasteiger partial charge in [-0.3, -0.25) is 4.90 Å². The van der Waals surface area contributed by atoms with Gasteiger partial charge in [-0.2, -0.15) is 0 Å². The van der Waals surface area contributed by atoms with Crippen LogP contribution in [0.3, 0.4) is 0 Å².